The van der Waals surface area contributed by atoms with Crippen LogP contribution >= 0.6 is 27.7 Å². The molecule has 0 N–H and O–H groups in total. The molecule has 0 fully saturated rings. The fourth-order valence-corrected chi connectivity index (χ4v) is 4.74. The maximum atomic E-state index is 5.65. The first-order valence-electron chi connectivity index (χ1n) is 8.33. The summed E-state index contributed by atoms with van der Waals surface area (Å²) in [5.74, 6) is 0.882. The van der Waals surface area contributed by atoms with Gasteiger partial charge in [0.15, 0.2) is 0 Å². The highest BCUT2D eigenvalue weighted by Crippen LogP contribution is 2.45. The maximum absolute atomic E-state index is 5.65. The van der Waals surface area contributed by atoms with Crippen molar-refractivity contribution in [3.05, 3.63) is 77.3 Å². The zero-order valence-corrected chi connectivity index (χ0v) is 17.0. The minimum absolute atomic E-state index is 0.882. The van der Waals surface area contributed by atoms with Gasteiger partial charge in [0.05, 0.1) is 12.8 Å². The fraction of sp³-hybridized carbons (Fsp3) is 0.0909. The van der Waals surface area contributed by atoms with Gasteiger partial charge in [-0.3, -0.25) is 0 Å². The predicted octanol–water partition coefficient (Wildman–Crippen LogP) is 6.77. The van der Waals surface area contributed by atoms with Crippen LogP contribution in [0.15, 0.2) is 87.1 Å². The number of benzene rings is 3. The number of rotatable bonds is 4. The maximum Gasteiger partial charge on any atom is 0.128 e. The van der Waals surface area contributed by atoms with Gasteiger partial charge < -0.3 is 9.30 Å². The molecule has 1 aromatic heterocycles. The third-order valence-corrected chi connectivity index (χ3v) is 6.06. The van der Waals surface area contributed by atoms with Crippen molar-refractivity contribution in [3.8, 4) is 17.0 Å². The SMILES string of the molecule is COc1ccccc1-c1c(Sc2ccccc2)c2cc(Br)ccc2n1C. The molecule has 0 aliphatic rings. The van der Waals surface area contributed by atoms with E-state index in [0.717, 1.165) is 15.8 Å². The Kier molecular flexibility index (Phi) is 4.79. The summed E-state index contributed by atoms with van der Waals surface area (Å²) >= 11 is 5.42. The molecule has 0 unspecified atom stereocenters. The molecule has 0 amide bonds. The quantitative estimate of drug-likeness (QED) is 0.359. The number of hydrogen-bond donors (Lipinski definition) is 0. The Bertz CT molecular complexity index is 1070. The monoisotopic (exact) mass is 423 g/mol. The Morgan fingerprint density at radius 1 is 0.923 bits per heavy atom. The van der Waals surface area contributed by atoms with Gasteiger partial charge in [0, 0.05) is 37.8 Å². The lowest BCUT2D eigenvalue weighted by Gasteiger charge is -2.12. The average molecular weight is 424 g/mol. The molecule has 0 aliphatic heterocycles. The van der Waals surface area contributed by atoms with Crippen LogP contribution in [-0.2, 0) is 7.05 Å². The van der Waals surface area contributed by atoms with E-state index >= 15 is 0 Å². The van der Waals surface area contributed by atoms with Crippen LogP contribution in [0.2, 0.25) is 0 Å². The van der Waals surface area contributed by atoms with Gasteiger partial charge in [0.2, 0.25) is 0 Å². The van der Waals surface area contributed by atoms with Gasteiger partial charge in [0.1, 0.15) is 5.75 Å². The molecule has 4 aromatic rings. The summed E-state index contributed by atoms with van der Waals surface area (Å²) in [6.45, 7) is 0. The molecular weight excluding hydrogens is 406 g/mol. The molecule has 26 heavy (non-hydrogen) atoms. The van der Waals surface area contributed by atoms with Gasteiger partial charge in [-0.15, -0.1) is 0 Å². The van der Waals surface area contributed by atoms with Gasteiger partial charge in [0.25, 0.3) is 0 Å². The molecule has 0 saturated carbocycles. The molecule has 0 radical (unpaired) electrons. The lowest BCUT2D eigenvalue weighted by molar-refractivity contribution is 0.416. The minimum atomic E-state index is 0.882. The van der Waals surface area contributed by atoms with Gasteiger partial charge in [-0.2, -0.15) is 0 Å². The van der Waals surface area contributed by atoms with Crippen molar-refractivity contribution < 1.29 is 4.74 Å². The molecule has 4 rings (SSSR count). The van der Waals surface area contributed by atoms with E-state index in [1.54, 1.807) is 18.9 Å². The molecule has 0 spiro atoms. The van der Waals surface area contributed by atoms with Gasteiger partial charge in [-0.05, 0) is 42.5 Å². The summed E-state index contributed by atoms with van der Waals surface area (Å²) in [7, 11) is 3.84. The predicted molar refractivity (Wildman–Crippen MR) is 113 cm³/mol. The molecule has 0 bridgehead atoms. The normalized spacial score (nSPS) is 11.0. The largest absolute Gasteiger partial charge is 0.496 e. The van der Waals surface area contributed by atoms with E-state index in [4.69, 9.17) is 4.74 Å². The second kappa shape index (κ2) is 7.22. The first-order chi connectivity index (χ1) is 12.7. The lowest BCUT2D eigenvalue weighted by Crippen LogP contribution is -1.95. The first-order valence-corrected chi connectivity index (χ1v) is 9.94. The summed E-state index contributed by atoms with van der Waals surface area (Å²) in [5.41, 5.74) is 3.47. The van der Waals surface area contributed by atoms with Gasteiger partial charge in [-0.25, -0.2) is 0 Å². The third-order valence-electron chi connectivity index (χ3n) is 4.44. The van der Waals surface area contributed by atoms with E-state index in [-0.39, 0.29) is 0 Å². The number of hydrogen-bond acceptors (Lipinski definition) is 2. The van der Waals surface area contributed by atoms with Crippen molar-refractivity contribution in [2.75, 3.05) is 7.11 Å². The Morgan fingerprint density at radius 3 is 2.42 bits per heavy atom. The Hall–Kier alpha value is -2.17. The van der Waals surface area contributed by atoms with Crippen molar-refractivity contribution in [1.29, 1.82) is 0 Å². The first kappa shape index (κ1) is 17.3. The van der Waals surface area contributed by atoms with Crippen molar-refractivity contribution in [3.63, 3.8) is 0 Å². The fourth-order valence-electron chi connectivity index (χ4n) is 3.24. The number of halogens is 1. The zero-order valence-electron chi connectivity index (χ0n) is 14.6. The van der Waals surface area contributed by atoms with Crippen LogP contribution in [-0.4, -0.2) is 11.7 Å². The zero-order chi connectivity index (χ0) is 18.1. The number of ether oxygens (including phenoxy) is 1. The minimum Gasteiger partial charge on any atom is -0.496 e. The van der Waals surface area contributed by atoms with Crippen LogP contribution < -0.4 is 4.74 Å². The average Bonchev–Trinajstić information content (AvgIpc) is 2.93. The van der Waals surface area contributed by atoms with Crippen molar-refractivity contribution in [1.82, 2.24) is 4.57 Å². The highest BCUT2D eigenvalue weighted by molar-refractivity contribution is 9.10. The van der Waals surface area contributed by atoms with E-state index in [9.17, 15) is 0 Å². The van der Waals surface area contributed by atoms with E-state index in [1.165, 1.54) is 26.4 Å². The van der Waals surface area contributed by atoms with Crippen molar-refractivity contribution in [2.24, 2.45) is 7.05 Å². The number of fused-ring (bicyclic) bond motifs is 1. The number of methoxy groups -OCH3 is 1. The summed E-state index contributed by atoms with van der Waals surface area (Å²) in [6.07, 6.45) is 0. The highest BCUT2D eigenvalue weighted by Gasteiger charge is 2.20. The molecule has 0 saturated heterocycles. The highest BCUT2D eigenvalue weighted by atomic mass is 79.9. The molecular formula is C22H18BrNOS. The van der Waals surface area contributed by atoms with Crippen molar-refractivity contribution in [2.45, 2.75) is 9.79 Å². The molecule has 0 aliphatic carbocycles. The lowest BCUT2D eigenvalue weighted by atomic mass is 10.1. The molecule has 1 heterocycles. The summed E-state index contributed by atoms with van der Waals surface area (Å²) in [4.78, 5) is 2.45. The van der Waals surface area contributed by atoms with Crippen LogP contribution in [0.1, 0.15) is 0 Å². The molecule has 4 heteroatoms. The number of para-hydroxylation sites is 1. The van der Waals surface area contributed by atoms with E-state index < -0.39 is 0 Å². The van der Waals surface area contributed by atoms with Gasteiger partial charge in [-0.1, -0.05) is 58.0 Å². The number of aromatic nitrogens is 1. The Balaban J connectivity index is 2.02. The van der Waals surface area contributed by atoms with Crippen LogP contribution in [0.25, 0.3) is 22.2 Å². The molecule has 0 atom stereocenters. The number of aryl methyl sites for hydroxylation is 1. The Labute approximate surface area is 165 Å². The summed E-state index contributed by atoms with van der Waals surface area (Å²) in [6, 6.07) is 25.1. The molecule has 2 nitrogen and oxygen atoms in total. The third kappa shape index (κ3) is 3.04. The topological polar surface area (TPSA) is 14.2 Å². The van der Waals surface area contributed by atoms with Crippen LogP contribution in [0.4, 0.5) is 0 Å². The summed E-state index contributed by atoms with van der Waals surface area (Å²) in [5, 5.41) is 1.23. The summed E-state index contributed by atoms with van der Waals surface area (Å²) < 4.78 is 8.98. The standard InChI is InChI=1S/C22H18BrNOS/c1-24-19-13-12-15(23)14-18(19)22(26-16-8-4-3-5-9-16)21(24)17-10-6-7-11-20(17)25-2/h3-14H,1-2H3. The van der Waals surface area contributed by atoms with Crippen LogP contribution in [0, 0.1) is 0 Å². The second-order valence-electron chi connectivity index (χ2n) is 6.01. The molecule has 130 valence electrons. The Morgan fingerprint density at radius 2 is 1.65 bits per heavy atom. The van der Waals surface area contributed by atoms with E-state index in [0.29, 0.717) is 0 Å². The molecule has 3 aromatic carbocycles. The number of nitrogens with zero attached hydrogens (tertiary/aromatic N) is 1. The van der Waals surface area contributed by atoms with Gasteiger partial charge >= 0.3 is 0 Å². The van der Waals surface area contributed by atoms with Crippen LogP contribution in [0.5, 0.6) is 5.75 Å². The second-order valence-corrected chi connectivity index (χ2v) is 8.01. The van der Waals surface area contributed by atoms with Crippen molar-refractivity contribution >= 4 is 38.6 Å². The van der Waals surface area contributed by atoms with E-state index in [1.807, 2.05) is 18.2 Å². The van der Waals surface area contributed by atoms with E-state index in [2.05, 4.69) is 82.1 Å². The smallest absolute Gasteiger partial charge is 0.128 e. The van der Waals surface area contributed by atoms with Crippen LogP contribution in [0.3, 0.4) is 0 Å².